The summed E-state index contributed by atoms with van der Waals surface area (Å²) in [6, 6.07) is 10.7. The fourth-order valence-corrected chi connectivity index (χ4v) is 3.98. The van der Waals surface area contributed by atoms with Gasteiger partial charge < -0.3 is 0 Å². The smallest absolute Gasteiger partial charge is 0.0554 e. The Bertz CT molecular complexity index is 585. The van der Waals surface area contributed by atoms with Crippen LogP contribution in [-0.2, 0) is 0 Å². The van der Waals surface area contributed by atoms with Crippen LogP contribution in [0, 0.1) is 6.92 Å². The maximum Gasteiger partial charge on any atom is 0.0554 e. The summed E-state index contributed by atoms with van der Waals surface area (Å²) in [4.78, 5) is 5.61. The van der Waals surface area contributed by atoms with E-state index in [9.17, 15) is 0 Å². The number of fused-ring (bicyclic) bond motifs is 1. The molecule has 3 N–H and O–H groups in total. The molecule has 1 aliphatic heterocycles. The predicted octanol–water partition coefficient (Wildman–Crippen LogP) is 2.78. The van der Waals surface area contributed by atoms with Gasteiger partial charge in [0, 0.05) is 29.0 Å². The number of pyridine rings is 1. The van der Waals surface area contributed by atoms with Gasteiger partial charge in [0.2, 0.25) is 0 Å². The van der Waals surface area contributed by atoms with Gasteiger partial charge in [-0.05, 0) is 35.7 Å². The van der Waals surface area contributed by atoms with Crippen LogP contribution in [0.4, 0.5) is 0 Å². The van der Waals surface area contributed by atoms with Crippen molar-refractivity contribution in [1.29, 1.82) is 0 Å². The second-order valence-corrected chi connectivity index (χ2v) is 5.89. The third-order valence-corrected chi connectivity index (χ3v) is 4.94. The largest absolute Gasteiger partial charge is 0.271 e. The van der Waals surface area contributed by atoms with Crippen molar-refractivity contribution in [2.24, 2.45) is 5.84 Å². The van der Waals surface area contributed by atoms with E-state index < -0.39 is 0 Å². The molecule has 2 heterocycles. The van der Waals surface area contributed by atoms with Crippen molar-refractivity contribution < 1.29 is 0 Å². The predicted molar refractivity (Wildman–Crippen MR) is 78.9 cm³/mol. The van der Waals surface area contributed by atoms with E-state index in [4.69, 9.17) is 5.84 Å². The lowest BCUT2D eigenvalue weighted by Crippen LogP contribution is -2.33. The highest BCUT2D eigenvalue weighted by Gasteiger charge is 2.31. The van der Waals surface area contributed by atoms with Crippen LogP contribution in [-0.4, -0.2) is 10.7 Å². The molecule has 19 heavy (non-hydrogen) atoms. The lowest BCUT2D eigenvalue weighted by atomic mass is 9.88. The first kappa shape index (κ1) is 12.7. The number of thioether (sulfide) groups is 1. The number of benzene rings is 1. The number of nitrogens with zero attached hydrogens (tertiary/aromatic N) is 1. The van der Waals surface area contributed by atoms with Crippen LogP contribution in [0.25, 0.3) is 0 Å². The summed E-state index contributed by atoms with van der Waals surface area (Å²) in [6.45, 7) is 2.11. The molecule has 4 heteroatoms. The quantitative estimate of drug-likeness (QED) is 0.666. The number of aromatic nitrogens is 1. The Morgan fingerprint density at radius 3 is 3.00 bits per heavy atom. The minimum absolute atomic E-state index is 0.116. The summed E-state index contributed by atoms with van der Waals surface area (Å²) in [5.74, 6) is 7.28. The molecule has 1 aromatic carbocycles. The van der Waals surface area contributed by atoms with Gasteiger partial charge in [-0.2, -0.15) is 0 Å². The molecule has 0 saturated carbocycles. The summed E-state index contributed by atoms with van der Waals surface area (Å²) in [5.41, 5.74) is 6.79. The van der Waals surface area contributed by atoms with Crippen molar-refractivity contribution in [1.82, 2.24) is 10.4 Å². The molecule has 0 aliphatic carbocycles. The van der Waals surface area contributed by atoms with Gasteiger partial charge in [0.25, 0.3) is 0 Å². The lowest BCUT2D eigenvalue weighted by Gasteiger charge is -2.24. The van der Waals surface area contributed by atoms with E-state index in [1.165, 1.54) is 21.6 Å². The molecule has 1 aromatic heterocycles. The molecule has 0 saturated heterocycles. The molecule has 0 amide bonds. The minimum Gasteiger partial charge on any atom is -0.271 e. The zero-order valence-electron chi connectivity index (χ0n) is 10.8. The van der Waals surface area contributed by atoms with Crippen molar-refractivity contribution in [3.8, 4) is 0 Å². The second kappa shape index (κ2) is 5.33. The number of rotatable bonds is 3. The van der Waals surface area contributed by atoms with Crippen LogP contribution in [0.15, 0.2) is 47.6 Å². The zero-order valence-corrected chi connectivity index (χ0v) is 11.7. The van der Waals surface area contributed by atoms with Crippen molar-refractivity contribution in [3.05, 3.63) is 59.4 Å². The third kappa shape index (κ3) is 2.27. The molecule has 3 rings (SSSR count). The van der Waals surface area contributed by atoms with E-state index in [0.717, 1.165) is 5.75 Å². The molecule has 1 aliphatic rings. The third-order valence-electron chi connectivity index (χ3n) is 3.73. The van der Waals surface area contributed by atoms with E-state index in [-0.39, 0.29) is 6.04 Å². The number of nitrogens with one attached hydrogen (secondary N) is 1. The second-order valence-electron chi connectivity index (χ2n) is 4.83. The van der Waals surface area contributed by atoms with Crippen molar-refractivity contribution in [3.63, 3.8) is 0 Å². The Morgan fingerprint density at radius 2 is 2.21 bits per heavy atom. The highest BCUT2D eigenvalue weighted by Crippen LogP contribution is 2.45. The molecule has 2 unspecified atom stereocenters. The Hall–Kier alpha value is -1.36. The molecule has 2 atom stereocenters. The van der Waals surface area contributed by atoms with E-state index in [0.29, 0.717) is 5.92 Å². The Morgan fingerprint density at radius 1 is 1.37 bits per heavy atom. The van der Waals surface area contributed by atoms with Crippen molar-refractivity contribution in [2.45, 2.75) is 23.8 Å². The molecule has 3 nitrogen and oxygen atoms in total. The van der Waals surface area contributed by atoms with E-state index in [1.54, 1.807) is 0 Å². The molecule has 0 radical (unpaired) electrons. The minimum atomic E-state index is 0.116. The van der Waals surface area contributed by atoms with Crippen LogP contribution in [0.1, 0.15) is 28.7 Å². The average Bonchev–Trinajstić information content (AvgIpc) is 2.86. The lowest BCUT2D eigenvalue weighted by molar-refractivity contribution is 0.482. The molecule has 0 fully saturated rings. The topological polar surface area (TPSA) is 50.9 Å². The standard InChI is InChI=1S/C15H17N3S/c1-10-6-7-17-8-12(10)15(18-16)13-9-19-14-5-3-2-4-11(13)14/h2-8,13,15,18H,9,16H2,1H3. The highest BCUT2D eigenvalue weighted by molar-refractivity contribution is 7.99. The maximum atomic E-state index is 5.82. The van der Waals surface area contributed by atoms with Crippen molar-refractivity contribution in [2.75, 3.05) is 5.75 Å². The Balaban J connectivity index is 1.99. The van der Waals surface area contributed by atoms with E-state index in [1.807, 2.05) is 30.2 Å². The summed E-state index contributed by atoms with van der Waals surface area (Å²) in [6.07, 6.45) is 3.75. The normalized spacial score (nSPS) is 19.2. The fourth-order valence-electron chi connectivity index (χ4n) is 2.69. The van der Waals surface area contributed by atoms with Crippen LogP contribution in [0.5, 0.6) is 0 Å². The fraction of sp³-hybridized carbons (Fsp3) is 0.267. The van der Waals surface area contributed by atoms with Gasteiger partial charge >= 0.3 is 0 Å². The average molecular weight is 271 g/mol. The van der Waals surface area contributed by atoms with Gasteiger partial charge in [-0.1, -0.05) is 18.2 Å². The highest BCUT2D eigenvalue weighted by atomic mass is 32.2. The van der Waals surface area contributed by atoms with Crippen LogP contribution >= 0.6 is 11.8 Å². The number of hydrogen-bond acceptors (Lipinski definition) is 4. The molecular weight excluding hydrogens is 254 g/mol. The van der Waals surface area contributed by atoms with Gasteiger partial charge in [0.15, 0.2) is 0 Å². The van der Waals surface area contributed by atoms with Crippen LogP contribution in [0.2, 0.25) is 0 Å². The first-order valence-electron chi connectivity index (χ1n) is 6.39. The Kier molecular flexibility index (Phi) is 3.55. The molecule has 0 bridgehead atoms. The van der Waals surface area contributed by atoms with E-state index in [2.05, 4.69) is 41.6 Å². The van der Waals surface area contributed by atoms with Crippen LogP contribution < -0.4 is 11.3 Å². The first-order chi connectivity index (χ1) is 9.31. The molecule has 98 valence electrons. The first-order valence-corrected chi connectivity index (χ1v) is 7.38. The summed E-state index contributed by atoms with van der Waals surface area (Å²) < 4.78 is 0. The maximum absolute atomic E-state index is 5.82. The molecule has 0 spiro atoms. The van der Waals surface area contributed by atoms with Gasteiger partial charge in [-0.15, -0.1) is 11.8 Å². The van der Waals surface area contributed by atoms with E-state index >= 15 is 0 Å². The SMILES string of the molecule is Cc1ccncc1C(NN)C1CSc2ccccc21. The van der Waals surface area contributed by atoms with Gasteiger partial charge in [-0.3, -0.25) is 16.3 Å². The summed E-state index contributed by atoms with van der Waals surface area (Å²) in [7, 11) is 0. The molecular formula is C15H17N3S. The monoisotopic (exact) mass is 271 g/mol. The summed E-state index contributed by atoms with van der Waals surface area (Å²) in [5, 5.41) is 0. The number of hydrogen-bond donors (Lipinski definition) is 2. The van der Waals surface area contributed by atoms with Crippen LogP contribution in [0.3, 0.4) is 0 Å². The Labute approximate surface area is 117 Å². The van der Waals surface area contributed by atoms with Gasteiger partial charge in [-0.25, -0.2) is 0 Å². The summed E-state index contributed by atoms with van der Waals surface area (Å²) >= 11 is 1.90. The molecule has 2 aromatic rings. The number of hydrazine groups is 1. The van der Waals surface area contributed by atoms with Gasteiger partial charge in [0.05, 0.1) is 6.04 Å². The van der Waals surface area contributed by atoms with Gasteiger partial charge in [0.1, 0.15) is 0 Å². The zero-order chi connectivity index (χ0) is 13.2. The number of nitrogens with two attached hydrogens (primary N) is 1. The number of aryl methyl sites for hydroxylation is 1. The van der Waals surface area contributed by atoms with Crippen molar-refractivity contribution >= 4 is 11.8 Å².